The monoisotopic (exact) mass is 352 g/mol. The van der Waals surface area contributed by atoms with Crippen molar-refractivity contribution in [2.75, 3.05) is 33.2 Å². The molecule has 0 atom stereocenters. The summed E-state index contributed by atoms with van der Waals surface area (Å²) in [6, 6.07) is 5.72. The Morgan fingerprint density at radius 3 is 2.38 bits per heavy atom. The second-order valence-corrected chi connectivity index (χ2v) is 9.61. The first-order chi connectivity index (χ1) is 11.2. The van der Waals surface area contributed by atoms with Crippen LogP contribution in [0.3, 0.4) is 0 Å². The molecule has 1 aliphatic rings. The van der Waals surface area contributed by atoms with Crippen LogP contribution in [-0.4, -0.2) is 50.8 Å². The summed E-state index contributed by atoms with van der Waals surface area (Å²) in [5.74, 6) is 0.912. The maximum atomic E-state index is 13.1. The Morgan fingerprint density at radius 2 is 1.75 bits per heavy atom. The third kappa shape index (κ3) is 4.58. The van der Waals surface area contributed by atoms with Crippen LogP contribution in [-0.2, 0) is 16.4 Å². The molecule has 1 heterocycles. The molecular weight excluding hydrogens is 320 g/mol. The minimum atomic E-state index is -3.40. The third-order valence-corrected chi connectivity index (χ3v) is 6.58. The number of hydrogen-bond donors (Lipinski definition) is 0. The first kappa shape index (κ1) is 19.4. The van der Waals surface area contributed by atoms with Gasteiger partial charge in [-0.05, 0) is 61.5 Å². The van der Waals surface area contributed by atoms with Gasteiger partial charge >= 0.3 is 0 Å². The number of rotatable bonds is 5. The van der Waals surface area contributed by atoms with E-state index in [2.05, 4.69) is 32.6 Å². The molecule has 0 N–H and O–H groups in total. The minimum Gasteiger partial charge on any atom is -0.305 e. The normalized spacial score (nSPS) is 18.3. The van der Waals surface area contributed by atoms with Crippen LogP contribution in [0, 0.1) is 5.92 Å². The summed E-state index contributed by atoms with van der Waals surface area (Å²) in [6.45, 7) is 11.6. The molecule has 0 saturated carbocycles. The molecule has 1 saturated heterocycles. The van der Waals surface area contributed by atoms with E-state index in [1.807, 2.05) is 19.2 Å². The van der Waals surface area contributed by atoms with Gasteiger partial charge < -0.3 is 4.90 Å². The Kier molecular flexibility index (Phi) is 6.46. The Bertz CT molecular complexity index is 653. The summed E-state index contributed by atoms with van der Waals surface area (Å²) in [4.78, 5) is 2.65. The molecule has 2 rings (SSSR count). The van der Waals surface area contributed by atoms with Crippen LogP contribution < -0.4 is 0 Å². The van der Waals surface area contributed by atoms with Crippen LogP contribution in [0.2, 0.25) is 0 Å². The lowest BCUT2D eigenvalue weighted by Crippen LogP contribution is -2.34. The van der Waals surface area contributed by atoms with E-state index in [4.69, 9.17) is 0 Å². The lowest BCUT2D eigenvalue weighted by atomic mass is 9.92. The number of benzene rings is 1. The molecule has 1 aromatic carbocycles. The van der Waals surface area contributed by atoms with Crippen LogP contribution in [0.5, 0.6) is 0 Å². The molecule has 0 aromatic heterocycles. The van der Waals surface area contributed by atoms with Crippen molar-refractivity contribution in [2.45, 2.75) is 51.3 Å². The number of nitrogens with zero attached hydrogens (tertiary/aromatic N) is 2. The first-order valence-corrected chi connectivity index (χ1v) is 10.5. The zero-order chi connectivity index (χ0) is 17.9. The van der Waals surface area contributed by atoms with Crippen molar-refractivity contribution >= 4 is 10.0 Å². The van der Waals surface area contributed by atoms with E-state index >= 15 is 0 Å². The molecule has 24 heavy (non-hydrogen) atoms. The molecule has 1 fully saturated rings. The fourth-order valence-electron chi connectivity index (χ4n) is 3.33. The standard InChI is InChI=1S/C19H32N2O2S/c1-15(2)13-17-14-18(7-8-19(17)16(3)4)24(22,23)21-10-6-9-20(5)11-12-21/h7-8,14-16H,6,9-13H2,1-5H3. The zero-order valence-electron chi connectivity index (χ0n) is 15.7. The molecule has 136 valence electrons. The van der Waals surface area contributed by atoms with Crippen molar-refractivity contribution in [3.05, 3.63) is 29.3 Å². The average molecular weight is 353 g/mol. The predicted molar refractivity (Wildman–Crippen MR) is 99.9 cm³/mol. The second-order valence-electron chi connectivity index (χ2n) is 7.67. The number of hydrogen-bond acceptors (Lipinski definition) is 3. The SMILES string of the molecule is CC(C)Cc1cc(S(=O)(=O)N2CCCN(C)CC2)ccc1C(C)C. The molecule has 0 unspecified atom stereocenters. The number of likely N-dealkylation sites (N-methyl/N-ethyl adjacent to an activating group) is 1. The largest absolute Gasteiger partial charge is 0.305 e. The molecule has 0 radical (unpaired) electrons. The quantitative estimate of drug-likeness (QED) is 0.816. The highest BCUT2D eigenvalue weighted by Gasteiger charge is 2.27. The van der Waals surface area contributed by atoms with E-state index in [1.54, 1.807) is 10.4 Å². The lowest BCUT2D eigenvalue weighted by Gasteiger charge is -2.22. The maximum absolute atomic E-state index is 13.1. The topological polar surface area (TPSA) is 40.6 Å². The van der Waals surface area contributed by atoms with Gasteiger partial charge in [-0.2, -0.15) is 4.31 Å². The van der Waals surface area contributed by atoms with E-state index < -0.39 is 10.0 Å². The molecule has 4 nitrogen and oxygen atoms in total. The molecule has 0 amide bonds. The van der Waals surface area contributed by atoms with E-state index in [9.17, 15) is 8.42 Å². The summed E-state index contributed by atoms with van der Waals surface area (Å²) in [7, 11) is -1.35. The molecule has 0 aliphatic carbocycles. The van der Waals surface area contributed by atoms with Crippen molar-refractivity contribution < 1.29 is 8.42 Å². The van der Waals surface area contributed by atoms with Crippen molar-refractivity contribution in [1.82, 2.24) is 9.21 Å². The van der Waals surface area contributed by atoms with Gasteiger partial charge in [-0.25, -0.2) is 8.42 Å². The van der Waals surface area contributed by atoms with Crippen LogP contribution >= 0.6 is 0 Å². The zero-order valence-corrected chi connectivity index (χ0v) is 16.6. The highest BCUT2D eigenvalue weighted by atomic mass is 32.2. The van der Waals surface area contributed by atoms with Gasteiger partial charge in [0.1, 0.15) is 0 Å². The highest BCUT2D eigenvalue weighted by Crippen LogP contribution is 2.27. The Balaban J connectivity index is 2.35. The van der Waals surface area contributed by atoms with E-state index in [0.29, 0.717) is 29.8 Å². The van der Waals surface area contributed by atoms with Gasteiger partial charge in [0, 0.05) is 19.6 Å². The molecular formula is C19H32N2O2S. The summed E-state index contributed by atoms with van der Waals surface area (Å²) < 4.78 is 27.8. The fraction of sp³-hybridized carbons (Fsp3) is 0.684. The molecule has 1 aliphatic heterocycles. The Labute approximate surface area is 147 Å². The van der Waals surface area contributed by atoms with Crippen LogP contribution in [0.4, 0.5) is 0 Å². The molecule has 1 aromatic rings. The van der Waals surface area contributed by atoms with Crippen LogP contribution in [0.1, 0.15) is 51.2 Å². The summed E-state index contributed by atoms with van der Waals surface area (Å²) in [5, 5.41) is 0. The van der Waals surface area contributed by atoms with Crippen LogP contribution in [0.15, 0.2) is 23.1 Å². The maximum Gasteiger partial charge on any atom is 0.243 e. The Hall–Kier alpha value is -0.910. The smallest absolute Gasteiger partial charge is 0.243 e. The van der Waals surface area contributed by atoms with Gasteiger partial charge in [-0.1, -0.05) is 33.8 Å². The molecule has 0 spiro atoms. The average Bonchev–Trinajstić information content (AvgIpc) is 2.71. The third-order valence-electron chi connectivity index (χ3n) is 4.68. The Morgan fingerprint density at radius 1 is 1.04 bits per heavy atom. The van der Waals surface area contributed by atoms with Gasteiger partial charge in [-0.15, -0.1) is 0 Å². The van der Waals surface area contributed by atoms with Gasteiger partial charge in [0.05, 0.1) is 4.90 Å². The predicted octanol–water partition coefficient (Wildman–Crippen LogP) is 3.33. The van der Waals surface area contributed by atoms with Crippen molar-refractivity contribution in [2.24, 2.45) is 5.92 Å². The number of sulfonamides is 1. The molecule has 0 bridgehead atoms. The van der Waals surface area contributed by atoms with E-state index in [1.165, 1.54) is 11.1 Å². The second kappa shape index (κ2) is 7.98. The first-order valence-electron chi connectivity index (χ1n) is 9.03. The summed E-state index contributed by atoms with van der Waals surface area (Å²) >= 11 is 0. The lowest BCUT2D eigenvalue weighted by molar-refractivity contribution is 0.347. The van der Waals surface area contributed by atoms with E-state index in [0.717, 1.165) is 25.9 Å². The van der Waals surface area contributed by atoms with Gasteiger partial charge in [-0.3, -0.25) is 0 Å². The highest BCUT2D eigenvalue weighted by molar-refractivity contribution is 7.89. The van der Waals surface area contributed by atoms with Crippen molar-refractivity contribution in [3.63, 3.8) is 0 Å². The van der Waals surface area contributed by atoms with Crippen LogP contribution in [0.25, 0.3) is 0 Å². The van der Waals surface area contributed by atoms with Gasteiger partial charge in [0.15, 0.2) is 0 Å². The van der Waals surface area contributed by atoms with Crippen molar-refractivity contribution in [1.29, 1.82) is 0 Å². The van der Waals surface area contributed by atoms with Crippen molar-refractivity contribution in [3.8, 4) is 0 Å². The van der Waals surface area contributed by atoms with Gasteiger partial charge in [0.25, 0.3) is 0 Å². The summed E-state index contributed by atoms with van der Waals surface area (Å²) in [5.41, 5.74) is 2.44. The summed E-state index contributed by atoms with van der Waals surface area (Å²) in [6.07, 6.45) is 1.80. The molecule has 5 heteroatoms. The van der Waals surface area contributed by atoms with Gasteiger partial charge in [0.2, 0.25) is 10.0 Å². The van der Waals surface area contributed by atoms with E-state index in [-0.39, 0.29) is 0 Å². The fourth-order valence-corrected chi connectivity index (χ4v) is 4.86. The minimum absolute atomic E-state index is 0.405.